The maximum Gasteiger partial charge on any atom is 0.161 e. The van der Waals surface area contributed by atoms with Gasteiger partial charge >= 0.3 is 0 Å². The highest BCUT2D eigenvalue weighted by molar-refractivity contribution is 5.76. The first-order valence-electron chi connectivity index (χ1n) is 8.02. The molecule has 2 aromatic carbocycles. The number of hydrogen-bond donors (Lipinski definition) is 1. The molecule has 3 rings (SSSR count). The van der Waals surface area contributed by atoms with Gasteiger partial charge in [0.1, 0.15) is 5.82 Å². The number of hydrogen-bond acceptors (Lipinski definition) is 4. The summed E-state index contributed by atoms with van der Waals surface area (Å²) in [6.07, 6.45) is 1.40. The zero-order valence-electron chi connectivity index (χ0n) is 14.0. The second-order valence-electron chi connectivity index (χ2n) is 5.61. The fraction of sp³-hybridized carbons (Fsp3) is 0.316. The molecule has 0 unspecified atom stereocenters. The Kier molecular flexibility index (Phi) is 5.01. The number of aryl methyl sites for hydroxylation is 1. The second-order valence-corrected chi connectivity index (χ2v) is 5.61. The first kappa shape index (κ1) is 16.3. The van der Waals surface area contributed by atoms with Crippen LogP contribution in [0.15, 0.2) is 42.5 Å². The molecule has 0 saturated heterocycles. The van der Waals surface area contributed by atoms with Crippen molar-refractivity contribution < 1.29 is 14.6 Å². The average Bonchev–Trinajstić information content (AvgIpc) is 2.96. The van der Waals surface area contributed by atoms with Crippen LogP contribution < -0.4 is 9.47 Å². The van der Waals surface area contributed by atoms with Crippen molar-refractivity contribution in [3.8, 4) is 11.5 Å². The number of methoxy groups -OCH3 is 2. The van der Waals surface area contributed by atoms with Crippen LogP contribution in [0.5, 0.6) is 11.5 Å². The summed E-state index contributed by atoms with van der Waals surface area (Å²) in [4.78, 5) is 4.77. The third kappa shape index (κ3) is 3.21. The van der Waals surface area contributed by atoms with Gasteiger partial charge in [0.25, 0.3) is 0 Å². The predicted octanol–water partition coefficient (Wildman–Crippen LogP) is 3.03. The van der Waals surface area contributed by atoms with Gasteiger partial charge in [0.15, 0.2) is 11.5 Å². The van der Waals surface area contributed by atoms with Gasteiger partial charge in [-0.15, -0.1) is 0 Å². The van der Waals surface area contributed by atoms with Crippen molar-refractivity contribution in [2.45, 2.75) is 19.4 Å². The fourth-order valence-electron chi connectivity index (χ4n) is 2.91. The van der Waals surface area contributed by atoms with E-state index in [0.717, 1.165) is 34.7 Å². The van der Waals surface area contributed by atoms with Crippen molar-refractivity contribution >= 4 is 11.0 Å². The standard InChI is InChI=1S/C19H22N2O3/c1-23-17-9-8-14(12-18(17)24-2)13-19-20-15-6-3-4-7-16(15)21(19)10-5-11-22/h3-4,6-9,12,22H,5,10-11,13H2,1-2H3. The van der Waals surface area contributed by atoms with Crippen molar-refractivity contribution in [1.29, 1.82) is 0 Å². The Bertz CT molecular complexity index is 827. The molecule has 0 saturated carbocycles. The van der Waals surface area contributed by atoms with Gasteiger partial charge in [-0.05, 0) is 36.2 Å². The van der Waals surface area contributed by atoms with E-state index in [9.17, 15) is 5.11 Å². The summed E-state index contributed by atoms with van der Waals surface area (Å²) in [5, 5.41) is 9.18. The first-order chi connectivity index (χ1) is 11.8. The van der Waals surface area contributed by atoms with E-state index in [1.807, 2.05) is 36.4 Å². The third-order valence-corrected chi connectivity index (χ3v) is 4.08. The lowest BCUT2D eigenvalue weighted by atomic mass is 10.1. The van der Waals surface area contributed by atoms with Crippen molar-refractivity contribution in [3.05, 3.63) is 53.9 Å². The molecule has 24 heavy (non-hydrogen) atoms. The second kappa shape index (κ2) is 7.36. The SMILES string of the molecule is COc1ccc(Cc2nc3ccccc3n2CCCO)cc1OC. The van der Waals surface area contributed by atoms with E-state index in [1.54, 1.807) is 14.2 Å². The van der Waals surface area contributed by atoms with Gasteiger partial charge in [-0.25, -0.2) is 4.98 Å². The number of aliphatic hydroxyl groups excluding tert-OH is 1. The Balaban J connectivity index is 1.97. The Morgan fingerprint density at radius 1 is 1.04 bits per heavy atom. The van der Waals surface area contributed by atoms with Gasteiger partial charge in [-0.1, -0.05) is 18.2 Å². The average molecular weight is 326 g/mol. The lowest BCUT2D eigenvalue weighted by Crippen LogP contribution is -2.06. The number of benzene rings is 2. The normalized spacial score (nSPS) is 11.0. The van der Waals surface area contributed by atoms with Crippen LogP contribution >= 0.6 is 0 Å². The quantitative estimate of drug-likeness (QED) is 0.725. The smallest absolute Gasteiger partial charge is 0.161 e. The Morgan fingerprint density at radius 3 is 2.58 bits per heavy atom. The van der Waals surface area contributed by atoms with Gasteiger partial charge in [-0.2, -0.15) is 0 Å². The van der Waals surface area contributed by atoms with Crippen LogP contribution in [0.3, 0.4) is 0 Å². The number of rotatable bonds is 7. The number of ether oxygens (including phenoxy) is 2. The van der Waals surface area contributed by atoms with E-state index < -0.39 is 0 Å². The van der Waals surface area contributed by atoms with Crippen LogP contribution in [-0.2, 0) is 13.0 Å². The molecule has 0 bridgehead atoms. The molecule has 0 radical (unpaired) electrons. The number of imidazole rings is 1. The maximum absolute atomic E-state index is 9.18. The van der Waals surface area contributed by atoms with Crippen LogP contribution in [0.1, 0.15) is 17.8 Å². The molecule has 0 aliphatic rings. The van der Waals surface area contributed by atoms with E-state index in [2.05, 4.69) is 10.6 Å². The summed E-state index contributed by atoms with van der Waals surface area (Å²) in [6, 6.07) is 14.0. The van der Waals surface area contributed by atoms with Crippen molar-refractivity contribution in [2.24, 2.45) is 0 Å². The number of aliphatic hydroxyl groups is 1. The minimum absolute atomic E-state index is 0.169. The number of nitrogens with zero attached hydrogens (tertiary/aromatic N) is 2. The Hall–Kier alpha value is -2.53. The molecule has 1 aromatic heterocycles. The van der Waals surface area contributed by atoms with Crippen LogP contribution in [0, 0.1) is 0 Å². The summed E-state index contributed by atoms with van der Waals surface area (Å²) in [7, 11) is 3.27. The molecule has 0 fully saturated rings. The topological polar surface area (TPSA) is 56.5 Å². The highest BCUT2D eigenvalue weighted by atomic mass is 16.5. The van der Waals surface area contributed by atoms with E-state index in [1.165, 1.54) is 0 Å². The molecule has 0 aliphatic heterocycles. The third-order valence-electron chi connectivity index (χ3n) is 4.08. The fourth-order valence-corrected chi connectivity index (χ4v) is 2.91. The lowest BCUT2D eigenvalue weighted by Gasteiger charge is -2.11. The highest BCUT2D eigenvalue weighted by Gasteiger charge is 2.12. The molecule has 0 atom stereocenters. The number of para-hydroxylation sites is 2. The van der Waals surface area contributed by atoms with Gasteiger partial charge in [0.2, 0.25) is 0 Å². The number of fused-ring (bicyclic) bond motifs is 1. The van der Waals surface area contributed by atoms with E-state index >= 15 is 0 Å². The Labute approximate surface area is 141 Å². The molecule has 3 aromatic rings. The van der Waals surface area contributed by atoms with Crippen LogP contribution in [0.4, 0.5) is 0 Å². The van der Waals surface area contributed by atoms with E-state index in [-0.39, 0.29) is 6.61 Å². The van der Waals surface area contributed by atoms with Crippen LogP contribution in [0.2, 0.25) is 0 Å². The zero-order chi connectivity index (χ0) is 16.9. The van der Waals surface area contributed by atoms with Crippen molar-refractivity contribution in [2.75, 3.05) is 20.8 Å². The Morgan fingerprint density at radius 2 is 1.83 bits per heavy atom. The summed E-state index contributed by atoms with van der Waals surface area (Å²) >= 11 is 0. The van der Waals surface area contributed by atoms with Gasteiger partial charge in [0, 0.05) is 19.6 Å². The monoisotopic (exact) mass is 326 g/mol. The number of aromatic nitrogens is 2. The molecular formula is C19H22N2O3. The molecule has 0 amide bonds. The summed E-state index contributed by atoms with van der Waals surface area (Å²) in [5.41, 5.74) is 3.18. The van der Waals surface area contributed by atoms with Gasteiger partial charge in [-0.3, -0.25) is 0 Å². The molecular weight excluding hydrogens is 304 g/mol. The van der Waals surface area contributed by atoms with E-state index in [0.29, 0.717) is 18.6 Å². The molecule has 1 N–H and O–H groups in total. The maximum atomic E-state index is 9.18. The van der Waals surface area contributed by atoms with Gasteiger partial charge < -0.3 is 19.1 Å². The summed E-state index contributed by atoms with van der Waals surface area (Å²) < 4.78 is 12.9. The first-order valence-corrected chi connectivity index (χ1v) is 8.02. The predicted molar refractivity (Wildman–Crippen MR) is 93.8 cm³/mol. The minimum Gasteiger partial charge on any atom is -0.493 e. The molecule has 1 heterocycles. The van der Waals surface area contributed by atoms with Crippen molar-refractivity contribution in [1.82, 2.24) is 9.55 Å². The molecule has 0 aliphatic carbocycles. The van der Waals surface area contributed by atoms with Crippen molar-refractivity contribution in [3.63, 3.8) is 0 Å². The molecule has 0 spiro atoms. The molecule has 126 valence electrons. The largest absolute Gasteiger partial charge is 0.493 e. The summed E-state index contributed by atoms with van der Waals surface area (Å²) in [6.45, 7) is 0.919. The van der Waals surface area contributed by atoms with E-state index in [4.69, 9.17) is 14.5 Å². The van der Waals surface area contributed by atoms with Crippen LogP contribution in [0.25, 0.3) is 11.0 Å². The van der Waals surface area contributed by atoms with Gasteiger partial charge in [0.05, 0.1) is 25.3 Å². The molecule has 5 nitrogen and oxygen atoms in total. The zero-order valence-corrected chi connectivity index (χ0v) is 14.0. The lowest BCUT2D eigenvalue weighted by molar-refractivity contribution is 0.280. The highest BCUT2D eigenvalue weighted by Crippen LogP contribution is 2.29. The molecule has 5 heteroatoms. The summed E-state index contributed by atoms with van der Waals surface area (Å²) in [5.74, 6) is 2.42. The van der Waals surface area contributed by atoms with Crippen LogP contribution in [-0.4, -0.2) is 35.5 Å². The minimum atomic E-state index is 0.169.